The van der Waals surface area contributed by atoms with E-state index in [1.54, 1.807) is 0 Å². The van der Waals surface area contributed by atoms with Gasteiger partial charge in [0.1, 0.15) is 0 Å². The first kappa shape index (κ1) is 31.5. The largest absolute Gasteiger partial charge is 0.412 e. The summed E-state index contributed by atoms with van der Waals surface area (Å²) in [7, 11) is -1.77. The maximum Gasteiger partial charge on any atom is 0.192 e. The van der Waals surface area contributed by atoms with Crippen molar-refractivity contribution in [3.05, 3.63) is 143 Å². The minimum absolute atomic E-state index is 0.216. The fourth-order valence-electron chi connectivity index (χ4n) is 5.78. The van der Waals surface area contributed by atoms with Gasteiger partial charge in [-0.1, -0.05) is 154 Å². The van der Waals surface area contributed by atoms with E-state index in [0.29, 0.717) is 5.92 Å². The minimum Gasteiger partial charge on any atom is -0.412 e. The molecule has 0 heterocycles. The van der Waals surface area contributed by atoms with Crippen LogP contribution in [0.4, 0.5) is 0 Å². The lowest BCUT2D eigenvalue weighted by molar-refractivity contribution is 0.0316. The predicted octanol–water partition coefficient (Wildman–Crippen LogP) is 11.2. The molecule has 2 heteroatoms. The van der Waals surface area contributed by atoms with Crippen LogP contribution in [0.25, 0.3) is 24.3 Å². The highest BCUT2D eigenvalue weighted by Crippen LogP contribution is 2.35. The highest BCUT2D eigenvalue weighted by Gasteiger charge is 2.39. The zero-order valence-corrected chi connectivity index (χ0v) is 27.2. The summed E-state index contributed by atoms with van der Waals surface area (Å²) in [4.78, 5) is 0. The Morgan fingerprint density at radius 1 is 0.524 bits per heavy atom. The third kappa shape index (κ3) is 9.02. The van der Waals surface area contributed by atoms with E-state index in [0.717, 1.165) is 12.8 Å². The Morgan fingerprint density at radius 2 is 0.857 bits per heavy atom. The van der Waals surface area contributed by atoms with Gasteiger partial charge in [-0.2, -0.15) is 0 Å². The Balaban J connectivity index is 1.53. The summed E-state index contributed by atoms with van der Waals surface area (Å²) in [5, 5.41) is 0. The molecule has 0 aliphatic heterocycles. The molecule has 0 saturated heterocycles. The summed E-state index contributed by atoms with van der Waals surface area (Å²) in [5.74, 6) is 0.366. The van der Waals surface area contributed by atoms with Crippen LogP contribution in [-0.4, -0.2) is 13.9 Å². The van der Waals surface area contributed by atoms with E-state index in [9.17, 15) is 0 Å². The molecule has 0 atom stereocenters. The fourth-order valence-corrected chi connectivity index (χ4v) is 9.00. The van der Waals surface area contributed by atoms with Crippen molar-refractivity contribution >= 4 is 32.6 Å². The second-order valence-corrected chi connectivity index (χ2v) is 16.7. The van der Waals surface area contributed by atoms with Crippen molar-refractivity contribution in [1.82, 2.24) is 0 Å². The molecule has 42 heavy (non-hydrogen) atoms. The Morgan fingerprint density at radius 3 is 1.19 bits per heavy atom. The standard InChI is InChI=1S/C40H48OSi/c1-6-42(7-2,8-3)41-40(4,5)39(31-37-27-23-35(24-28-37)21-19-33-15-11-9-12-16-33)32-38-29-25-36(26-30-38)22-20-34-17-13-10-14-18-34/h9-30,39H,6-8,31-32H2,1-5H3. The van der Waals surface area contributed by atoms with Gasteiger partial charge in [0.05, 0.1) is 5.60 Å². The van der Waals surface area contributed by atoms with E-state index >= 15 is 0 Å². The van der Waals surface area contributed by atoms with Crippen LogP contribution in [0, 0.1) is 5.92 Å². The average molecular weight is 573 g/mol. The summed E-state index contributed by atoms with van der Waals surface area (Å²) in [6, 6.07) is 42.7. The maximum absolute atomic E-state index is 7.22. The SMILES string of the molecule is CC[Si](CC)(CC)OC(C)(C)C(Cc1ccc(C=Cc2ccccc2)cc1)Cc1ccc(C=Cc2ccccc2)cc1. The third-order valence-electron chi connectivity index (χ3n) is 8.85. The monoisotopic (exact) mass is 572 g/mol. The second kappa shape index (κ2) is 15.1. The minimum atomic E-state index is -1.77. The van der Waals surface area contributed by atoms with Gasteiger partial charge in [-0.25, -0.2) is 0 Å². The van der Waals surface area contributed by atoms with Gasteiger partial charge in [0.25, 0.3) is 0 Å². The molecule has 4 aromatic carbocycles. The molecule has 0 spiro atoms. The zero-order valence-electron chi connectivity index (χ0n) is 26.2. The molecule has 0 unspecified atom stereocenters. The van der Waals surface area contributed by atoms with Gasteiger partial charge < -0.3 is 4.43 Å². The molecule has 0 aliphatic rings. The first-order chi connectivity index (χ1) is 20.3. The smallest absolute Gasteiger partial charge is 0.192 e. The van der Waals surface area contributed by atoms with Crippen molar-refractivity contribution in [2.75, 3.05) is 0 Å². The molecule has 0 N–H and O–H groups in total. The van der Waals surface area contributed by atoms with Crippen molar-refractivity contribution in [3.63, 3.8) is 0 Å². The molecular weight excluding hydrogens is 525 g/mol. The number of hydrogen-bond donors (Lipinski definition) is 0. The van der Waals surface area contributed by atoms with E-state index < -0.39 is 8.32 Å². The quantitative estimate of drug-likeness (QED) is 0.108. The molecule has 0 amide bonds. The first-order valence-corrected chi connectivity index (χ1v) is 18.2. The van der Waals surface area contributed by atoms with Gasteiger partial charge in [0.2, 0.25) is 0 Å². The van der Waals surface area contributed by atoms with Crippen molar-refractivity contribution in [2.45, 2.75) is 71.2 Å². The van der Waals surface area contributed by atoms with Gasteiger partial charge in [0, 0.05) is 0 Å². The van der Waals surface area contributed by atoms with E-state index in [2.05, 4.69) is 168 Å². The van der Waals surface area contributed by atoms with Crippen molar-refractivity contribution in [2.24, 2.45) is 5.92 Å². The van der Waals surface area contributed by atoms with Gasteiger partial charge in [0.15, 0.2) is 8.32 Å². The van der Waals surface area contributed by atoms with E-state index in [1.807, 2.05) is 0 Å². The average Bonchev–Trinajstić information content (AvgIpc) is 3.03. The molecular formula is C40H48OSi. The van der Waals surface area contributed by atoms with Crippen LogP contribution in [0.2, 0.25) is 18.1 Å². The number of benzene rings is 4. The molecule has 0 aromatic heterocycles. The summed E-state index contributed by atoms with van der Waals surface area (Å²) < 4.78 is 7.22. The summed E-state index contributed by atoms with van der Waals surface area (Å²) in [5.41, 5.74) is 7.41. The lowest BCUT2D eigenvalue weighted by atomic mass is 9.81. The normalized spacial score (nSPS) is 13.2. The van der Waals surface area contributed by atoms with Crippen LogP contribution in [0.5, 0.6) is 0 Å². The van der Waals surface area contributed by atoms with Crippen LogP contribution in [0.1, 0.15) is 68.0 Å². The molecule has 0 aliphatic carbocycles. The maximum atomic E-state index is 7.22. The Bertz CT molecular complexity index is 1290. The lowest BCUT2D eigenvalue weighted by Gasteiger charge is -2.43. The molecule has 1 nitrogen and oxygen atoms in total. The summed E-state index contributed by atoms with van der Waals surface area (Å²) >= 11 is 0. The van der Waals surface area contributed by atoms with Crippen molar-refractivity contribution < 1.29 is 4.43 Å². The van der Waals surface area contributed by atoms with E-state index in [4.69, 9.17) is 4.43 Å². The van der Waals surface area contributed by atoms with Gasteiger partial charge in [-0.05, 0) is 84.1 Å². The van der Waals surface area contributed by atoms with Crippen molar-refractivity contribution in [3.8, 4) is 0 Å². The molecule has 0 radical (unpaired) electrons. The van der Waals surface area contributed by atoms with Crippen LogP contribution in [-0.2, 0) is 17.3 Å². The van der Waals surface area contributed by atoms with Crippen LogP contribution < -0.4 is 0 Å². The Labute approximate surface area is 256 Å². The molecule has 4 rings (SSSR count). The predicted molar refractivity (Wildman–Crippen MR) is 187 cm³/mol. The van der Waals surface area contributed by atoms with Gasteiger partial charge >= 0.3 is 0 Å². The molecule has 0 saturated carbocycles. The number of hydrogen-bond acceptors (Lipinski definition) is 1. The molecule has 0 bridgehead atoms. The van der Waals surface area contributed by atoms with Crippen LogP contribution in [0.15, 0.2) is 109 Å². The van der Waals surface area contributed by atoms with Crippen LogP contribution >= 0.6 is 0 Å². The van der Waals surface area contributed by atoms with E-state index in [1.165, 1.54) is 51.5 Å². The summed E-state index contributed by atoms with van der Waals surface area (Å²) in [6.45, 7) is 11.7. The third-order valence-corrected chi connectivity index (χ3v) is 13.7. The molecule has 218 valence electrons. The highest BCUT2D eigenvalue weighted by atomic mass is 28.4. The van der Waals surface area contributed by atoms with Crippen LogP contribution in [0.3, 0.4) is 0 Å². The van der Waals surface area contributed by atoms with Gasteiger partial charge in [-0.15, -0.1) is 0 Å². The zero-order chi connectivity index (χ0) is 29.8. The topological polar surface area (TPSA) is 9.23 Å². The second-order valence-electron chi connectivity index (χ2n) is 12.0. The number of rotatable bonds is 14. The fraction of sp³-hybridized carbons (Fsp3) is 0.300. The molecule has 0 fully saturated rings. The first-order valence-electron chi connectivity index (χ1n) is 15.7. The Kier molecular flexibility index (Phi) is 11.3. The van der Waals surface area contributed by atoms with E-state index in [-0.39, 0.29) is 5.60 Å². The lowest BCUT2D eigenvalue weighted by Crippen LogP contribution is -2.49. The van der Waals surface area contributed by atoms with Gasteiger partial charge in [-0.3, -0.25) is 0 Å². The Hall–Kier alpha value is -3.46. The highest BCUT2D eigenvalue weighted by molar-refractivity contribution is 6.73. The summed E-state index contributed by atoms with van der Waals surface area (Å²) in [6.07, 6.45) is 10.7. The van der Waals surface area contributed by atoms with Crippen molar-refractivity contribution in [1.29, 1.82) is 0 Å². The molecule has 4 aromatic rings.